The van der Waals surface area contributed by atoms with Gasteiger partial charge in [0.15, 0.2) is 0 Å². The standard InChI is InChI=1S/C14H23N5/c1-3-14-17-7-10-19(14)11-13(2)16-5-4-8-18-9-6-15-12-18/h6-7,9-10,12-13,16H,3-5,8,11H2,1-2H3. The lowest BCUT2D eigenvalue weighted by Crippen LogP contribution is -2.32. The van der Waals surface area contributed by atoms with Gasteiger partial charge < -0.3 is 14.5 Å². The molecule has 2 heterocycles. The van der Waals surface area contributed by atoms with Crippen LogP contribution in [0.25, 0.3) is 0 Å². The Balaban J connectivity index is 1.66. The molecule has 0 fully saturated rings. The maximum Gasteiger partial charge on any atom is 0.108 e. The van der Waals surface area contributed by atoms with E-state index in [0.29, 0.717) is 6.04 Å². The van der Waals surface area contributed by atoms with Crippen molar-refractivity contribution in [3.63, 3.8) is 0 Å². The van der Waals surface area contributed by atoms with Crippen LogP contribution in [0.3, 0.4) is 0 Å². The predicted molar refractivity (Wildman–Crippen MR) is 75.9 cm³/mol. The van der Waals surface area contributed by atoms with Gasteiger partial charge in [-0.2, -0.15) is 0 Å². The fourth-order valence-electron chi connectivity index (χ4n) is 2.21. The molecule has 2 rings (SSSR count). The first-order valence-corrected chi connectivity index (χ1v) is 6.98. The first-order valence-electron chi connectivity index (χ1n) is 6.98. The van der Waals surface area contributed by atoms with E-state index >= 15 is 0 Å². The summed E-state index contributed by atoms with van der Waals surface area (Å²) in [6.45, 7) is 7.38. The number of nitrogens with zero attached hydrogens (tertiary/aromatic N) is 4. The van der Waals surface area contributed by atoms with Gasteiger partial charge in [0, 0.05) is 50.3 Å². The van der Waals surface area contributed by atoms with E-state index in [9.17, 15) is 0 Å². The van der Waals surface area contributed by atoms with Crippen LogP contribution in [0.2, 0.25) is 0 Å². The summed E-state index contributed by atoms with van der Waals surface area (Å²) in [6, 6.07) is 0.460. The van der Waals surface area contributed by atoms with Crippen molar-refractivity contribution >= 4 is 0 Å². The summed E-state index contributed by atoms with van der Waals surface area (Å²) in [5.41, 5.74) is 0. The summed E-state index contributed by atoms with van der Waals surface area (Å²) in [5, 5.41) is 3.55. The van der Waals surface area contributed by atoms with E-state index in [1.165, 1.54) is 0 Å². The maximum absolute atomic E-state index is 4.34. The van der Waals surface area contributed by atoms with Crippen LogP contribution in [0.4, 0.5) is 0 Å². The molecule has 0 aliphatic carbocycles. The second kappa shape index (κ2) is 7.09. The molecule has 2 aromatic rings. The number of imidazole rings is 2. The minimum atomic E-state index is 0.460. The molecule has 0 saturated carbocycles. The average molecular weight is 261 g/mol. The first-order chi connectivity index (χ1) is 9.29. The van der Waals surface area contributed by atoms with E-state index in [2.05, 4.69) is 44.5 Å². The van der Waals surface area contributed by atoms with Gasteiger partial charge in [0.1, 0.15) is 5.82 Å². The molecule has 1 N–H and O–H groups in total. The molecule has 1 atom stereocenters. The lowest BCUT2D eigenvalue weighted by molar-refractivity contribution is 0.454. The first kappa shape index (κ1) is 13.8. The molecule has 0 aliphatic rings. The molecule has 5 nitrogen and oxygen atoms in total. The van der Waals surface area contributed by atoms with Crippen LogP contribution >= 0.6 is 0 Å². The van der Waals surface area contributed by atoms with Crippen molar-refractivity contribution in [3.05, 3.63) is 36.9 Å². The van der Waals surface area contributed by atoms with Crippen LogP contribution < -0.4 is 5.32 Å². The van der Waals surface area contributed by atoms with Gasteiger partial charge in [-0.15, -0.1) is 0 Å². The van der Waals surface area contributed by atoms with E-state index in [1.807, 2.05) is 24.9 Å². The Labute approximate surface area is 114 Å². The Kier molecular flexibility index (Phi) is 5.15. The Bertz CT molecular complexity index is 460. The molecule has 0 saturated heterocycles. The highest BCUT2D eigenvalue weighted by Gasteiger charge is 2.05. The average Bonchev–Trinajstić information content (AvgIpc) is 3.05. The molecule has 0 aliphatic heterocycles. The maximum atomic E-state index is 4.34. The predicted octanol–water partition coefficient (Wildman–Crippen LogP) is 1.71. The number of nitrogens with one attached hydrogen (secondary N) is 1. The third-order valence-electron chi connectivity index (χ3n) is 3.23. The third kappa shape index (κ3) is 4.21. The zero-order chi connectivity index (χ0) is 13.5. The summed E-state index contributed by atoms with van der Waals surface area (Å²) in [5.74, 6) is 1.16. The largest absolute Gasteiger partial charge is 0.337 e. The minimum absolute atomic E-state index is 0.460. The summed E-state index contributed by atoms with van der Waals surface area (Å²) >= 11 is 0. The van der Waals surface area contributed by atoms with Crippen LogP contribution in [0.15, 0.2) is 31.1 Å². The number of aryl methyl sites for hydroxylation is 2. The molecular weight excluding hydrogens is 238 g/mol. The van der Waals surface area contributed by atoms with Crippen molar-refractivity contribution in [3.8, 4) is 0 Å². The SMILES string of the molecule is CCc1nccn1CC(C)NCCCn1ccnc1. The summed E-state index contributed by atoms with van der Waals surface area (Å²) < 4.78 is 4.34. The summed E-state index contributed by atoms with van der Waals surface area (Å²) in [7, 11) is 0. The molecule has 0 radical (unpaired) electrons. The van der Waals surface area contributed by atoms with E-state index < -0.39 is 0 Å². The van der Waals surface area contributed by atoms with Gasteiger partial charge in [0.25, 0.3) is 0 Å². The normalized spacial score (nSPS) is 12.7. The molecule has 2 aromatic heterocycles. The van der Waals surface area contributed by atoms with Gasteiger partial charge in [-0.05, 0) is 19.9 Å². The number of hydrogen-bond acceptors (Lipinski definition) is 3. The van der Waals surface area contributed by atoms with Crippen molar-refractivity contribution in [1.29, 1.82) is 0 Å². The third-order valence-corrected chi connectivity index (χ3v) is 3.23. The second-order valence-electron chi connectivity index (χ2n) is 4.86. The number of hydrogen-bond donors (Lipinski definition) is 1. The van der Waals surface area contributed by atoms with Gasteiger partial charge in [0.2, 0.25) is 0 Å². The highest BCUT2D eigenvalue weighted by Crippen LogP contribution is 2.00. The summed E-state index contributed by atoms with van der Waals surface area (Å²) in [4.78, 5) is 8.38. The van der Waals surface area contributed by atoms with Gasteiger partial charge in [0.05, 0.1) is 6.33 Å². The quantitative estimate of drug-likeness (QED) is 0.736. The minimum Gasteiger partial charge on any atom is -0.337 e. The van der Waals surface area contributed by atoms with Crippen LogP contribution in [0.1, 0.15) is 26.1 Å². The van der Waals surface area contributed by atoms with Crippen LogP contribution in [-0.4, -0.2) is 31.7 Å². The van der Waals surface area contributed by atoms with Gasteiger partial charge >= 0.3 is 0 Å². The van der Waals surface area contributed by atoms with Crippen LogP contribution in [0, 0.1) is 0 Å². The fraction of sp³-hybridized carbons (Fsp3) is 0.571. The molecule has 0 aromatic carbocycles. The Morgan fingerprint density at radius 3 is 2.95 bits per heavy atom. The lowest BCUT2D eigenvalue weighted by Gasteiger charge is -2.16. The molecule has 19 heavy (non-hydrogen) atoms. The zero-order valence-electron chi connectivity index (χ0n) is 11.8. The molecule has 0 spiro atoms. The topological polar surface area (TPSA) is 47.7 Å². The molecule has 0 bridgehead atoms. The van der Waals surface area contributed by atoms with E-state index in [-0.39, 0.29) is 0 Å². The molecule has 1 unspecified atom stereocenters. The Hall–Kier alpha value is -1.62. The fourth-order valence-corrected chi connectivity index (χ4v) is 2.21. The van der Waals surface area contributed by atoms with E-state index in [1.54, 1.807) is 0 Å². The smallest absolute Gasteiger partial charge is 0.108 e. The monoisotopic (exact) mass is 261 g/mol. The van der Waals surface area contributed by atoms with Crippen molar-refractivity contribution in [1.82, 2.24) is 24.4 Å². The highest BCUT2D eigenvalue weighted by molar-refractivity contribution is 4.92. The van der Waals surface area contributed by atoms with Crippen molar-refractivity contribution < 1.29 is 0 Å². The highest BCUT2D eigenvalue weighted by atomic mass is 15.1. The van der Waals surface area contributed by atoms with E-state index in [0.717, 1.165) is 38.3 Å². The Morgan fingerprint density at radius 1 is 1.32 bits per heavy atom. The van der Waals surface area contributed by atoms with Gasteiger partial charge in [-0.3, -0.25) is 0 Å². The van der Waals surface area contributed by atoms with Crippen LogP contribution in [0.5, 0.6) is 0 Å². The van der Waals surface area contributed by atoms with Gasteiger partial charge in [-0.1, -0.05) is 6.92 Å². The molecule has 5 heteroatoms. The lowest BCUT2D eigenvalue weighted by atomic mass is 10.3. The number of aromatic nitrogens is 4. The molecule has 104 valence electrons. The molecule has 0 amide bonds. The molecular formula is C14H23N5. The zero-order valence-corrected chi connectivity index (χ0v) is 11.8. The van der Waals surface area contributed by atoms with Crippen molar-refractivity contribution in [2.75, 3.05) is 6.54 Å². The van der Waals surface area contributed by atoms with Gasteiger partial charge in [-0.25, -0.2) is 9.97 Å². The van der Waals surface area contributed by atoms with Crippen molar-refractivity contribution in [2.45, 2.75) is 45.8 Å². The van der Waals surface area contributed by atoms with Crippen LogP contribution in [-0.2, 0) is 19.5 Å². The summed E-state index contributed by atoms with van der Waals surface area (Å²) in [6.07, 6.45) is 11.7. The second-order valence-corrected chi connectivity index (χ2v) is 4.86. The number of rotatable bonds is 8. The van der Waals surface area contributed by atoms with E-state index in [4.69, 9.17) is 0 Å². The Morgan fingerprint density at radius 2 is 2.21 bits per heavy atom. The van der Waals surface area contributed by atoms with Crippen molar-refractivity contribution in [2.24, 2.45) is 0 Å².